The SMILES string of the molecule is COc1ccc(/C(N)=N/OC(=O)COc2ccc(C)cc2Br)cc1. The molecule has 0 radical (unpaired) electrons. The molecule has 0 aliphatic carbocycles. The highest BCUT2D eigenvalue weighted by atomic mass is 79.9. The van der Waals surface area contributed by atoms with Gasteiger partial charge in [-0.3, -0.25) is 0 Å². The summed E-state index contributed by atoms with van der Waals surface area (Å²) in [6.07, 6.45) is 0. The molecule has 0 saturated carbocycles. The highest BCUT2D eigenvalue weighted by Crippen LogP contribution is 2.25. The Morgan fingerprint density at radius 3 is 2.54 bits per heavy atom. The lowest BCUT2D eigenvalue weighted by molar-refractivity contribution is -0.146. The number of hydrogen-bond acceptors (Lipinski definition) is 5. The van der Waals surface area contributed by atoms with E-state index in [0.717, 1.165) is 10.0 Å². The molecule has 2 aromatic carbocycles. The molecule has 0 heterocycles. The molecule has 0 aromatic heterocycles. The molecule has 0 aliphatic heterocycles. The molecular weight excluding hydrogens is 376 g/mol. The van der Waals surface area contributed by atoms with E-state index in [4.69, 9.17) is 20.0 Å². The first-order chi connectivity index (χ1) is 11.5. The maximum Gasteiger partial charge on any atom is 0.372 e. The third kappa shape index (κ3) is 4.99. The molecule has 7 heteroatoms. The summed E-state index contributed by atoms with van der Waals surface area (Å²) in [7, 11) is 1.57. The smallest absolute Gasteiger partial charge is 0.372 e. The Morgan fingerprint density at radius 2 is 1.92 bits per heavy atom. The van der Waals surface area contributed by atoms with Crippen LogP contribution in [0.3, 0.4) is 0 Å². The first kappa shape index (κ1) is 17.8. The van der Waals surface area contributed by atoms with Crippen molar-refractivity contribution in [2.45, 2.75) is 6.92 Å². The van der Waals surface area contributed by atoms with Gasteiger partial charge in [0.1, 0.15) is 11.5 Å². The van der Waals surface area contributed by atoms with Crippen molar-refractivity contribution in [1.82, 2.24) is 0 Å². The molecule has 126 valence electrons. The van der Waals surface area contributed by atoms with Crippen LogP contribution in [0.15, 0.2) is 52.1 Å². The first-order valence-corrected chi connectivity index (χ1v) is 7.85. The summed E-state index contributed by atoms with van der Waals surface area (Å²) in [5.41, 5.74) is 7.46. The highest BCUT2D eigenvalue weighted by molar-refractivity contribution is 9.10. The average Bonchev–Trinajstić information content (AvgIpc) is 2.59. The van der Waals surface area contributed by atoms with Crippen molar-refractivity contribution in [3.63, 3.8) is 0 Å². The van der Waals surface area contributed by atoms with Gasteiger partial charge in [-0.2, -0.15) is 0 Å². The first-order valence-electron chi connectivity index (χ1n) is 7.06. The summed E-state index contributed by atoms with van der Waals surface area (Å²) in [6.45, 7) is 1.68. The van der Waals surface area contributed by atoms with Crippen molar-refractivity contribution in [1.29, 1.82) is 0 Å². The molecule has 2 N–H and O–H groups in total. The quantitative estimate of drug-likeness (QED) is 0.353. The molecule has 0 amide bonds. The van der Waals surface area contributed by atoms with E-state index in [2.05, 4.69) is 21.1 Å². The molecule has 0 atom stereocenters. The number of aryl methyl sites for hydroxylation is 1. The number of nitrogens with zero attached hydrogens (tertiary/aromatic N) is 1. The number of benzene rings is 2. The Kier molecular flexibility index (Phi) is 6.20. The van der Waals surface area contributed by atoms with E-state index in [-0.39, 0.29) is 12.4 Å². The number of ether oxygens (including phenoxy) is 2. The van der Waals surface area contributed by atoms with E-state index >= 15 is 0 Å². The molecule has 0 saturated heterocycles. The van der Waals surface area contributed by atoms with Crippen molar-refractivity contribution in [2.75, 3.05) is 13.7 Å². The number of nitrogens with two attached hydrogens (primary N) is 1. The van der Waals surface area contributed by atoms with Gasteiger partial charge in [0.25, 0.3) is 0 Å². The third-order valence-electron chi connectivity index (χ3n) is 3.06. The largest absolute Gasteiger partial charge is 0.497 e. The number of hydrogen-bond donors (Lipinski definition) is 1. The van der Waals surface area contributed by atoms with Gasteiger partial charge in [-0.15, -0.1) is 0 Å². The van der Waals surface area contributed by atoms with E-state index in [0.29, 0.717) is 17.1 Å². The van der Waals surface area contributed by atoms with Crippen LogP contribution in [0.4, 0.5) is 0 Å². The van der Waals surface area contributed by atoms with Crippen LogP contribution in [0.2, 0.25) is 0 Å². The van der Waals surface area contributed by atoms with E-state index in [1.807, 2.05) is 19.1 Å². The Hall–Kier alpha value is -2.54. The number of carbonyl (C=O) groups excluding carboxylic acids is 1. The Balaban J connectivity index is 1.89. The number of rotatable bonds is 6. The fourth-order valence-electron chi connectivity index (χ4n) is 1.80. The van der Waals surface area contributed by atoms with Crippen LogP contribution in [0.25, 0.3) is 0 Å². The van der Waals surface area contributed by atoms with Gasteiger partial charge < -0.3 is 20.0 Å². The Bertz CT molecular complexity index is 745. The molecule has 0 aliphatic rings. The third-order valence-corrected chi connectivity index (χ3v) is 3.68. The van der Waals surface area contributed by atoms with Crippen LogP contribution in [-0.4, -0.2) is 25.5 Å². The van der Waals surface area contributed by atoms with Gasteiger partial charge in [-0.25, -0.2) is 4.79 Å². The van der Waals surface area contributed by atoms with Crippen LogP contribution >= 0.6 is 15.9 Å². The molecule has 0 bridgehead atoms. The summed E-state index contributed by atoms with van der Waals surface area (Å²) in [5.74, 6) is 0.673. The molecular formula is C17H17BrN2O4. The summed E-state index contributed by atoms with van der Waals surface area (Å²) >= 11 is 3.37. The number of amidine groups is 1. The molecule has 24 heavy (non-hydrogen) atoms. The van der Waals surface area contributed by atoms with Gasteiger partial charge >= 0.3 is 5.97 Å². The highest BCUT2D eigenvalue weighted by Gasteiger charge is 2.08. The van der Waals surface area contributed by atoms with Gasteiger partial charge in [-0.1, -0.05) is 11.2 Å². The molecule has 0 unspecified atom stereocenters. The van der Waals surface area contributed by atoms with E-state index < -0.39 is 5.97 Å². The Morgan fingerprint density at radius 1 is 1.21 bits per heavy atom. The number of oxime groups is 1. The average molecular weight is 393 g/mol. The lowest BCUT2D eigenvalue weighted by Crippen LogP contribution is -2.18. The lowest BCUT2D eigenvalue weighted by atomic mass is 10.2. The second kappa shape index (κ2) is 8.35. The second-order valence-corrected chi connectivity index (χ2v) is 5.75. The Labute approximate surface area is 148 Å². The predicted octanol–water partition coefficient (Wildman–Crippen LogP) is 3.01. The minimum atomic E-state index is -0.654. The number of halogens is 1. The van der Waals surface area contributed by atoms with Gasteiger partial charge in [0.05, 0.1) is 11.6 Å². The van der Waals surface area contributed by atoms with E-state index in [1.54, 1.807) is 37.4 Å². The van der Waals surface area contributed by atoms with E-state index in [9.17, 15) is 4.79 Å². The van der Waals surface area contributed by atoms with Crippen molar-refractivity contribution in [2.24, 2.45) is 10.9 Å². The van der Waals surface area contributed by atoms with Crippen LogP contribution < -0.4 is 15.2 Å². The fraction of sp³-hybridized carbons (Fsp3) is 0.176. The summed E-state index contributed by atoms with van der Waals surface area (Å²) in [4.78, 5) is 16.4. The van der Waals surface area contributed by atoms with Crippen LogP contribution in [0, 0.1) is 6.92 Å². The lowest BCUT2D eigenvalue weighted by Gasteiger charge is -2.07. The van der Waals surface area contributed by atoms with Gasteiger partial charge in [0.15, 0.2) is 12.4 Å². The fourth-order valence-corrected chi connectivity index (χ4v) is 2.41. The standard InChI is InChI=1S/C17H17BrN2O4/c1-11-3-8-15(14(18)9-11)23-10-16(21)24-20-17(19)12-4-6-13(22-2)7-5-12/h3-9H,10H2,1-2H3,(H2,19,20). The minimum Gasteiger partial charge on any atom is -0.497 e. The number of carbonyl (C=O) groups is 1. The molecule has 6 nitrogen and oxygen atoms in total. The molecule has 2 rings (SSSR count). The maximum absolute atomic E-state index is 11.7. The monoisotopic (exact) mass is 392 g/mol. The zero-order valence-electron chi connectivity index (χ0n) is 13.3. The predicted molar refractivity (Wildman–Crippen MR) is 94.2 cm³/mol. The van der Waals surface area contributed by atoms with Gasteiger partial charge in [0.2, 0.25) is 0 Å². The van der Waals surface area contributed by atoms with Gasteiger partial charge in [0, 0.05) is 5.56 Å². The second-order valence-electron chi connectivity index (χ2n) is 4.89. The molecule has 2 aromatic rings. The van der Waals surface area contributed by atoms with Crippen LogP contribution in [0.1, 0.15) is 11.1 Å². The number of methoxy groups -OCH3 is 1. The van der Waals surface area contributed by atoms with Crippen molar-refractivity contribution in [3.8, 4) is 11.5 Å². The van der Waals surface area contributed by atoms with Crippen molar-refractivity contribution >= 4 is 27.7 Å². The van der Waals surface area contributed by atoms with E-state index in [1.165, 1.54) is 0 Å². The van der Waals surface area contributed by atoms with Crippen molar-refractivity contribution in [3.05, 3.63) is 58.1 Å². The summed E-state index contributed by atoms with van der Waals surface area (Å²) in [6, 6.07) is 12.4. The maximum atomic E-state index is 11.7. The zero-order chi connectivity index (χ0) is 17.5. The van der Waals surface area contributed by atoms with Crippen LogP contribution in [0.5, 0.6) is 11.5 Å². The van der Waals surface area contributed by atoms with Gasteiger partial charge in [-0.05, 0) is 64.8 Å². The summed E-state index contributed by atoms with van der Waals surface area (Å²) < 4.78 is 11.2. The normalized spacial score (nSPS) is 11.0. The van der Waals surface area contributed by atoms with Crippen LogP contribution in [-0.2, 0) is 9.63 Å². The zero-order valence-corrected chi connectivity index (χ0v) is 14.9. The summed E-state index contributed by atoms with van der Waals surface area (Å²) in [5, 5.41) is 3.61. The topological polar surface area (TPSA) is 83.1 Å². The van der Waals surface area contributed by atoms with Crippen molar-refractivity contribution < 1.29 is 19.1 Å². The molecule has 0 spiro atoms. The molecule has 0 fully saturated rings. The minimum absolute atomic E-state index is 0.0857.